The molecule has 0 fully saturated rings. The van der Waals surface area contributed by atoms with Gasteiger partial charge in [-0.2, -0.15) is 0 Å². The molecule has 2 nitrogen and oxygen atoms in total. The van der Waals surface area contributed by atoms with Gasteiger partial charge in [-0.25, -0.2) is 0 Å². The highest BCUT2D eigenvalue weighted by molar-refractivity contribution is 5.94. The second-order valence-corrected chi connectivity index (χ2v) is 4.24. The van der Waals surface area contributed by atoms with Gasteiger partial charge in [0, 0.05) is 17.8 Å². The molecule has 0 aliphatic heterocycles. The zero-order chi connectivity index (χ0) is 11.3. The van der Waals surface area contributed by atoms with Gasteiger partial charge in [-0.1, -0.05) is 13.8 Å². The molecule has 1 aromatic carbocycles. The van der Waals surface area contributed by atoms with Gasteiger partial charge in [-0.15, -0.1) is 0 Å². The molecule has 0 saturated carbocycles. The summed E-state index contributed by atoms with van der Waals surface area (Å²) in [6, 6.07) is 7.63. The van der Waals surface area contributed by atoms with E-state index in [1.165, 1.54) is 0 Å². The summed E-state index contributed by atoms with van der Waals surface area (Å²) in [6.45, 7) is 6.99. The Morgan fingerprint density at radius 2 is 1.87 bits per heavy atom. The van der Waals surface area contributed by atoms with Gasteiger partial charge in [-0.05, 0) is 43.5 Å². The van der Waals surface area contributed by atoms with Crippen molar-refractivity contribution in [2.24, 2.45) is 5.92 Å². The first kappa shape index (κ1) is 11.8. The monoisotopic (exact) mass is 205 g/mol. The van der Waals surface area contributed by atoms with E-state index < -0.39 is 0 Å². The highest BCUT2D eigenvalue weighted by Crippen LogP contribution is 2.10. The Kier molecular flexibility index (Phi) is 4.35. The quantitative estimate of drug-likeness (QED) is 0.747. The number of benzene rings is 1. The van der Waals surface area contributed by atoms with E-state index in [0.29, 0.717) is 5.92 Å². The largest absolute Gasteiger partial charge is 0.385 e. The first-order valence-electron chi connectivity index (χ1n) is 5.44. The Labute approximate surface area is 91.7 Å². The Morgan fingerprint density at radius 3 is 2.33 bits per heavy atom. The number of nitrogens with one attached hydrogen (secondary N) is 1. The van der Waals surface area contributed by atoms with Crippen molar-refractivity contribution in [3.63, 3.8) is 0 Å². The number of Topliss-reactive ketones (excluding diaryl/α,β-unsaturated/α-hetero) is 1. The van der Waals surface area contributed by atoms with Gasteiger partial charge < -0.3 is 5.32 Å². The maximum atomic E-state index is 11.0. The standard InChI is InChI=1S/C13H19NO/c1-10(2)8-9-14-13-6-4-12(5-7-13)11(3)15/h4-7,10,14H,8-9H2,1-3H3. The summed E-state index contributed by atoms with van der Waals surface area (Å²) < 4.78 is 0. The predicted molar refractivity (Wildman–Crippen MR) is 64.4 cm³/mol. The Hall–Kier alpha value is -1.31. The molecule has 0 heterocycles. The maximum absolute atomic E-state index is 11.0. The van der Waals surface area contributed by atoms with Gasteiger partial charge in [0.2, 0.25) is 0 Å². The van der Waals surface area contributed by atoms with Crippen molar-refractivity contribution in [1.82, 2.24) is 0 Å². The molecule has 1 rings (SSSR count). The van der Waals surface area contributed by atoms with Crippen molar-refractivity contribution in [3.05, 3.63) is 29.8 Å². The number of carbonyl (C=O) groups excluding carboxylic acids is 1. The molecule has 0 unspecified atom stereocenters. The molecular formula is C13H19NO. The van der Waals surface area contributed by atoms with Gasteiger partial charge in [-0.3, -0.25) is 4.79 Å². The summed E-state index contributed by atoms with van der Waals surface area (Å²) >= 11 is 0. The highest BCUT2D eigenvalue weighted by Gasteiger charge is 1.98. The fourth-order valence-electron chi connectivity index (χ4n) is 1.33. The molecule has 0 aliphatic rings. The summed E-state index contributed by atoms with van der Waals surface area (Å²) in [5.74, 6) is 0.831. The number of carbonyl (C=O) groups is 1. The molecule has 0 aliphatic carbocycles. The van der Waals surface area contributed by atoms with Gasteiger partial charge in [0.25, 0.3) is 0 Å². The molecule has 2 heteroatoms. The van der Waals surface area contributed by atoms with Crippen LogP contribution in [-0.2, 0) is 0 Å². The average Bonchev–Trinajstić information content (AvgIpc) is 2.18. The van der Waals surface area contributed by atoms with Crippen LogP contribution < -0.4 is 5.32 Å². The molecule has 1 N–H and O–H groups in total. The van der Waals surface area contributed by atoms with Gasteiger partial charge in [0.05, 0.1) is 0 Å². The van der Waals surface area contributed by atoms with Gasteiger partial charge in [0.15, 0.2) is 5.78 Å². The van der Waals surface area contributed by atoms with E-state index in [0.717, 1.165) is 24.2 Å². The summed E-state index contributed by atoms with van der Waals surface area (Å²) in [6.07, 6.45) is 1.16. The molecule has 0 saturated heterocycles. The van der Waals surface area contributed by atoms with Crippen molar-refractivity contribution in [2.75, 3.05) is 11.9 Å². The van der Waals surface area contributed by atoms with E-state index in [4.69, 9.17) is 0 Å². The van der Waals surface area contributed by atoms with Gasteiger partial charge >= 0.3 is 0 Å². The van der Waals surface area contributed by atoms with Crippen LogP contribution in [0.15, 0.2) is 24.3 Å². The molecular weight excluding hydrogens is 186 g/mol. The molecule has 82 valence electrons. The first-order chi connectivity index (χ1) is 7.09. The zero-order valence-electron chi connectivity index (χ0n) is 9.71. The minimum absolute atomic E-state index is 0.115. The second kappa shape index (κ2) is 5.54. The summed E-state index contributed by atoms with van der Waals surface area (Å²) in [7, 11) is 0. The first-order valence-corrected chi connectivity index (χ1v) is 5.44. The van der Waals surface area contributed by atoms with Crippen LogP contribution >= 0.6 is 0 Å². The van der Waals surface area contributed by atoms with Crippen molar-refractivity contribution >= 4 is 11.5 Å². The van der Waals surface area contributed by atoms with Crippen molar-refractivity contribution in [2.45, 2.75) is 27.2 Å². The SMILES string of the molecule is CC(=O)c1ccc(NCCC(C)C)cc1. The molecule has 15 heavy (non-hydrogen) atoms. The summed E-state index contributed by atoms with van der Waals surface area (Å²) in [4.78, 5) is 11.0. The van der Waals surface area contributed by atoms with Crippen LogP contribution in [0.4, 0.5) is 5.69 Å². The Balaban J connectivity index is 2.46. The lowest BCUT2D eigenvalue weighted by molar-refractivity contribution is 0.101. The zero-order valence-corrected chi connectivity index (χ0v) is 9.71. The van der Waals surface area contributed by atoms with Crippen LogP contribution in [0.1, 0.15) is 37.6 Å². The molecule has 0 spiro atoms. The smallest absolute Gasteiger partial charge is 0.159 e. The van der Waals surface area contributed by atoms with E-state index in [1.807, 2.05) is 24.3 Å². The van der Waals surface area contributed by atoms with Crippen LogP contribution in [0, 0.1) is 5.92 Å². The van der Waals surface area contributed by atoms with E-state index >= 15 is 0 Å². The lowest BCUT2D eigenvalue weighted by Crippen LogP contribution is -2.04. The number of anilines is 1. The third kappa shape index (κ3) is 4.15. The number of hydrogen-bond acceptors (Lipinski definition) is 2. The Morgan fingerprint density at radius 1 is 1.27 bits per heavy atom. The van der Waals surface area contributed by atoms with Crippen LogP contribution in [0.2, 0.25) is 0 Å². The lowest BCUT2D eigenvalue weighted by atomic mass is 10.1. The second-order valence-electron chi connectivity index (χ2n) is 4.24. The minimum Gasteiger partial charge on any atom is -0.385 e. The average molecular weight is 205 g/mol. The molecule has 0 amide bonds. The highest BCUT2D eigenvalue weighted by atomic mass is 16.1. The van der Waals surface area contributed by atoms with Crippen LogP contribution in [0.5, 0.6) is 0 Å². The summed E-state index contributed by atoms with van der Waals surface area (Å²) in [5, 5.41) is 3.33. The predicted octanol–water partition coefficient (Wildman–Crippen LogP) is 3.35. The maximum Gasteiger partial charge on any atom is 0.159 e. The fourth-order valence-corrected chi connectivity index (χ4v) is 1.33. The van der Waals surface area contributed by atoms with Crippen LogP contribution in [0.3, 0.4) is 0 Å². The molecule has 0 atom stereocenters. The number of ketones is 1. The molecule has 1 aromatic rings. The van der Waals surface area contributed by atoms with E-state index in [-0.39, 0.29) is 5.78 Å². The van der Waals surface area contributed by atoms with E-state index in [9.17, 15) is 4.79 Å². The fraction of sp³-hybridized carbons (Fsp3) is 0.462. The van der Waals surface area contributed by atoms with Crippen LogP contribution in [-0.4, -0.2) is 12.3 Å². The third-order valence-electron chi connectivity index (χ3n) is 2.34. The van der Waals surface area contributed by atoms with Crippen molar-refractivity contribution in [3.8, 4) is 0 Å². The number of rotatable bonds is 5. The minimum atomic E-state index is 0.115. The van der Waals surface area contributed by atoms with Crippen LogP contribution in [0.25, 0.3) is 0 Å². The topological polar surface area (TPSA) is 29.1 Å². The van der Waals surface area contributed by atoms with Crippen molar-refractivity contribution < 1.29 is 4.79 Å². The Bertz CT molecular complexity index is 314. The number of hydrogen-bond donors (Lipinski definition) is 1. The lowest BCUT2D eigenvalue weighted by Gasteiger charge is -2.08. The third-order valence-corrected chi connectivity index (χ3v) is 2.34. The van der Waals surface area contributed by atoms with E-state index in [1.54, 1.807) is 6.92 Å². The van der Waals surface area contributed by atoms with Gasteiger partial charge in [0.1, 0.15) is 0 Å². The normalized spacial score (nSPS) is 10.4. The molecule has 0 aromatic heterocycles. The van der Waals surface area contributed by atoms with E-state index in [2.05, 4.69) is 19.2 Å². The molecule has 0 radical (unpaired) electrons. The summed E-state index contributed by atoms with van der Waals surface area (Å²) in [5.41, 5.74) is 1.85. The molecule has 0 bridgehead atoms. The van der Waals surface area contributed by atoms with Crippen molar-refractivity contribution in [1.29, 1.82) is 0 Å².